The number of rotatable bonds is 2. The Hall–Kier alpha value is -1.50. The molecule has 2 amide bonds. The van der Waals surface area contributed by atoms with E-state index in [0.29, 0.717) is 25.9 Å². The number of aliphatic hydroxyl groups is 1. The first-order valence-corrected chi connectivity index (χ1v) is 8.49. The van der Waals surface area contributed by atoms with E-state index in [9.17, 15) is 14.7 Å². The Kier molecular flexibility index (Phi) is 6.89. The van der Waals surface area contributed by atoms with Crippen LogP contribution < -0.4 is 5.32 Å². The van der Waals surface area contributed by atoms with Gasteiger partial charge in [-0.25, -0.2) is 9.59 Å². The van der Waals surface area contributed by atoms with Crippen molar-refractivity contribution < 1.29 is 24.2 Å². The summed E-state index contributed by atoms with van der Waals surface area (Å²) in [4.78, 5) is 25.8. The smallest absolute Gasteiger partial charge is 0.410 e. The normalized spacial score (nSPS) is 22.5. The number of likely N-dealkylation sites (tertiary alicyclic amines) is 1. The number of nitrogens with zero attached hydrogens (tertiary/aromatic N) is 1. The van der Waals surface area contributed by atoms with Crippen molar-refractivity contribution in [2.45, 2.75) is 71.6 Å². The minimum absolute atomic E-state index is 0.0530. The van der Waals surface area contributed by atoms with Crippen LogP contribution in [0.25, 0.3) is 0 Å². The SMILES string of the molecule is CC(C)(C)OC(=O)N[C@@H]1CCN(C(=O)OC(C)(C)C)CC[C@H]1CO. The fourth-order valence-corrected chi connectivity index (χ4v) is 2.54. The Bertz CT molecular complexity index is 439. The average molecular weight is 344 g/mol. The van der Waals surface area contributed by atoms with E-state index < -0.39 is 17.3 Å². The molecule has 0 radical (unpaired) electrons. The highest BCUT2D eigenvalue weighted by atomic mass is 16.6. The maximum absolute atomic E-state index is 12.2. The minimum atomic E-state index is -0.577. The Morgan fingerprint density at radius 1 is 1.04 bits per heavy atom. The fraction of sp³-hybridized carbons (Fsp3) is 0.882. The standard InChI is InChI=1S/C17H32N2O5/c1-16(2,3)23-14(21)18-13-8-10-19(9-7-12(13)11-20)15(22)24-17(4,5)6/h12-13,20H,7-11H2,1-6H3,(H,18,21)/t12-,13+/m0/s1. The zero-order valence-corrected chi connectivity index (χ0v) is 15.7. The van der Waals surface area contributed by atoms with Crippen molar-refractivity contribution >= 4 is 12.2 Å². The number of ether oxygens (including phenoxy) is 2. The molecule has 1 saturated heterocycles. The van der Waals surface area contributed by atoms with Gasteiger partial charge in [-0.1, -0.05) is 0 Å². The van der Waals surface area contributed by atoms with Gasteiger partial charge in [0.1, 0.15) is 11.2 Å². The Balaban J connectivity index is 2.66. The zero-order chi connectivity index (χ0) is 18.5. The number of alkyl carbamates (subject to hydrolysis) is 1. The van der Waals surface area contributed by atoms with Crippen molar-refractivity contribution in [2.75, 3.05) is 19.7 Å². The summed E-state index contributed by atoms with van der Waals surface area (Å²) >= 11 is 0. The summed E-state index contributed by atoms with van der Waals surface area (Å²) in [5.41, 5.74) is -1.12. The van der Waals surface area contributed by atoms with Crippen molar-refractivity contribution in [2.24, 2.45) is 5.92 Å². The topological polar surface area (TPSA) is 88.1 Å². The molecular weight excluding hydrogens is 312 g/mol. The Labute approximate surface area is 144 Å². The molecule has 0 aliphatic carbocycles. The van der Waals surface area contributed by atoms with Gasteiger partial charge in [-0.3, -0.25) is 0 Å². The van der Waals surface area contributed by atoms with Gasteiger partial charge < -0.3 is 24.8 Å². The monoisotopic (exact) mass is 344 g/mol. The van der Waals surface area contributed by atoms with Crippen LogP contribution in [0.2, 0.25) is 0 Å². The second kappa shape index (κ2) is 8.05. The van der Waals surface area contributed by atoms with Gasteiger partial charge in [-0.05, 0) is 54.4 Å². The summed E-state index contributed by atoms with van der Waals surface area (Å²) in [6.45, 7) is 11.8. The third-order valence-electron chi connectivity index (χ3n) is 3.64. The quantitative estimate of drug-likeness (QED) is 0.803. The summed E-state index contributed by atoms with van der Waals surface area (Å²) in [5.74, 6) is -0.120. The molecule has 0 spiro atoms. The molecule has 24 heavy (non-hydrogen) atoms. The average Bonchev–Trinajstić information content (AvgIpc) is 2.56. The second-order valence-corrected chi connectivity index (χ2v) is 8.24. The number of hydrogen-bond acceptors (Lipinski definition) is 5. The number of carbonyl (C=O) groups excluding carboxylic acids is 2. The van der Waals surface area contributed by atoms with Crippen molar-refractivity contribution in [1.82, 2.24) is 10.2 Å². The van der Waals surface area contributed by atoms with Gasteiger partial charge in [0.05, 0.1) is 0 Å². The summed E-state index contributed by atoms with van der Waals surface area (Å²) in [5, 5.41) is 12.4. The highest BCUT2D eigenvalue weighted by Gasteiger charge is 2.31. The van der Waals surface area contributed by atoms with Gasteiger partial charge >= 0.3 is 12.2 Å². The van der Waals surface area contributed by atoms with Crippen LogP contribution in [-0.2, 0) is 9.47 Å². The van der Waals surface area contributed by atoms with Gasteiger partial charge in [0.15, 0.2) is 0 Å². The molecule has 140 valence electrons. The van der Waals surface area contributed by atoms with Crippen molar-refractivity contribution in [3.8, 4) is 0 Å². The molecule has 1 rings (SSSR count). The maximum Gasteiger partial charge on any atom is 0.410 e. The van der Waals surface area contributed by atoms with E-state index in [-0.39, 0.29) is 24.7 Å². The van der Waals surface area contributed by atoms with Crippen molar-refractivity contribution in [3.63, 3.8) is 0 Å². The maximum atomic E-state index is 12.2. The molecule has 7 nitrogen and oxygen atoms in total. The van der Waals surface area contributed by atoms with Gasteiger partial charge in [0, 0.05) is 31.7 Å². The fourth-order valence-electron chi connectivity index (χ4n) is 2.54. The molecule has 1 fully saturated rings. The van der Waals surface area contributed by atoms with Crippen LogP contribution in [0, 0.1) is 5.92 Å². The van der Waals surface area contributed by atoms with E-state index in [1.54, 1.807) is 25.7 Å². The lowest BCUT2D eigenvalue weighted by atomic mass is 9.96. The van der Waals surface area contributed by atoms with Gasteiger partial charge in [-0.15, -0.1) is 0 Å². The summed E-state index contributed by atoms with van der Waals surface area (Å²) in [6.07, 6.45) is 0.272. The predicted octanol–water partition coefficient (Wildman–Crippen LogP) is 2.52. The van der Waals surface area contributed by atoms with E-state index in [1.165, 1.54) is 0 Å². The first-order valence-electron chi connectivity index (χ1n) is 8.49. The molecular formula is C17H32N2O5. The Morgan fingerprint density at radius 3 is 2.08 bits per heavy atom. The first-order chi connectivity index (χ1) is 10.9. The van der Waals surface area contributed by atoms with E-state index in [4.69, 9.17) is 9.47 Å². The first kappa shape index (κ1) is 20.5. The predicted molar refractivity (Wildman–Crippen MR) is 90.8 cm³/mol. The van der Waals surface area contributed by atoms with Gasteiger partial charge in [0.25, 0.3) is 0 Å². The van der Waals surface area contributed by atoms with Crippen LogP contribution in [0.3, 0.4) is 0 Å². The highest BCUT2D eigenvalue weighted by molar-refractivity contribution is 5.69. The summed E-state index contributed by atoms with van der Waals surface area (Å²) in [6, 6.07) is -0.239. The van der Waals surface area contributed by atoms with Crippen LogP contribution in [0.5, 0.6) is 0 Å². The molecule has 0 aromatic rings. The lowest BCUT2D eigenvalue weighted by Crippen LogP contribution is -2.44. The molecule has 1 heterocycles. The van der Waals surface area contributed by atoms with Crippen LogP contribution in [0.4, 0.5) is 9.59 Å². The van der Waals surface area contributed by atoms with Crippen molar-refractivity contribution in [3.05, 3.63) is 0 Å². The van der Waals surface area contributed by atoms with Crippen molar-refractivity contribution in [1.29, 1.82) is 0 Å². The highest BCUT2D eigenvalue weighted by Crippen LogP contribution is 2.20. The lowest BCUT2D eigenvalue weighted by Gasteiger charge is -2.27. The minimum Gasteiger partial charge on any atom is -0.444 e. The molecule has 7 heteroatoms. The molecule has 0 aromatic carbocycles. The second-order valence-electron chi connectivity index (χ2n) is 8.24. The molecule has 0 aromatic heterocycles. The van der Waals surface area contributed by atoms with E-state index >= 15 is 0 Å². The van der Waals surface area contributed by atoms with E-state index in [0.717, 1.165) is 0 Å². The number of amides is 2. The van der Waals surface area contributed by atoms with Crippen LogP contribution in [-0.4, -0.2) is 59.1 Å². The summed E-state index contributed by atoms with van der Waals surface area (Å²) < 4.78 is 10.7. The van der Waals surface area contributed by atoms with E-state index in [1.807, 2.05) is 20.8 Å². The van der Waals surface area contributed by atoms with Gasteiger partial charge in [-0.2, -0.15) is 0 Å². The Morgan fingerprint density at radius 2 is 1.58 bits per heavy atom. The van der Waals surface area contributed by atoms with Crippen LogP contribution in [0.1, 0.15) is 54.4 Å². The van der Waals surface area contributed by atoms with Crippen LogP contribution >= 0.6 is 0 Å². The van der Waals surface area contributed by atoms with E-state index in [2.05, 4.69) is 5.32 Å². The largest absolute Gasteiger partial charge is 0.444 e. The number of hydrogen-bond donors (Lipinski definition) is 2. The molecule has 2 atom stereocenters. The van der Waals surface area contributed by atoms with Gasteiger partial charge in [0.2, 0.25) is 0 Å². The molecule has 2 N–H and O–H groups in total. The number of nitrogens with one attached hydrogen (secondary N) is 1. The number of aliphatic hydroxyl groups excluding tert-OH is 1. The summed E-state index contributed by atoms with van der Waals surface area (Å²) in [7, 11) is 0. The van der Waals surface area contributed by atoms with Crippen LogP contribution in [0.15, 0.2) is 0 Å². The molecule has 0 saturated carbocycles. The molecule has 1 aliphatic heterocycles. The molecule has 1 aliphatic rings. The third kappa shape index (κ3) is 7.38. The number of carbonyl (C=O) groups is 2. The lowest BCUT2D eigenvalue weighted by molar-refractivity contribution is 0.0253. The zero-order valence-electron chi connectivity index (χ0n) is 15.7. The molecule has 0 unspecified atom stereocenters. The molecule has 0 bridgehead atoms. The third-order valence-corrected chi connectivity index (χ3v) is 3.64.